The van der Waals surface area contributed by atoms with E-state index in [1.807, 2.05) is 6.08 Å². The Bertz CT molecular complexity index is 1240. The standard InChI is InChI=1S/C35H48N2O2/c1-22-16-27-30(37(19-22)20-24-8-6-5-7-9-24)23(2)35(39-27)15-12-28-33(21-32(33,35)4)18-29-31(3)13-11-26(38)17-25(31)10-14-34(28,29)36/h5-9,17,22-23,27-30H,10-16,18-21,36H2,1-4H3/t22-,23+,27+,28+,29+,30?,31-,32?,33?,34?,35+/m0/s1. The van der Waals surface area contributed by atoms with Gasteiger partial charge in [0.1, 0.15) is 0 Å². The lowest BCUT2D eigenvalue weighted by Gasteiger charge is -2.55. The van der Waals surface area contributed by atoms with Gasteiger partial charge in [0.25, 0.3) is 0 Å². The van der Waals surface area contributed by atoms with Gasteiger partial charge in [-0.1, -0.05) is 63.6 Å². The summed E-state index contributed by atoms with van der Waals surface area (Å²) in [5.41, 5.74) is 10.9. The maximum Gasteiger partial charge on any atom is 0.155 e. The molecule has 2 heterocycles. The van der Waals surface area contributed by atoms with Crippen LogP contribution in [0.3, 0.4) is 0 Å². The lowest BCUT2D eigenvalue weighted by molar-refractivity contribution is -0.149. The van der Waals surface area contributed by atoms with Gasteiger partial charge in [-0.25, -0.2) is 0 Å². The van der Waals surface area contributed by atoms with Crippen LogP contribution in [-0.4, -0.2) is 40.5 Å². The minimum atomic E-state index is -0.0890. The zero-order valence-electron chi connectivity index (χ0n) is 24.5. The van der Waals surface area contributed by atoms with E-state index in [4.69, 9.17) is 10.5 Å². The largest absolute Gasteiger partial charge is 0.369 e. The number of benzene rings is 1. The van der Waals surface area contributed by atoms with E-state index >= 15 is 0 Å². The summed E-state index contributed by atoms with van der Waals surface area (Å²) in [6, 6.07) is 11.6. The fraction of sp³-hybridized carbons (Fsp3) is 0.743. The average Bonchev–Trinajstić information content (AvgIpc) is 3.31. The molecule has 2 spiro atoms. The van der Waals surface area contributed by atoms with E-state index in [1.54, 1.807) is 0 Å². The van der Waals surface area contributed by atoms with E-state index in [0.717, 1.165) is 25.8 Å². The molecule has 4 heteroatoms. The van der Waals surface area contributed by atoms with Crippen LogP contribution in [0.5, 0.6) is 0 Å². The molecule has 2 aliphatic heterocycles. The Kier molecular flexibility index (Phi) is 5.09. The summed E-state index contributed by atoms with van der Waals surface area (Å²) in [4.78, 5) is 15.2. The Labute approximate surface area is 235 Å². The topological polar surface area (TPSA) is 55.6 Å². The van der Waals surface area contributed by atoms with Crippen LogP contribution in [-0.2, 0) is 16.1 Å². The summed E-state index contributed by atoms with van der Waals surface area (Å²) in [6.07, 6.45) is 12.2. The predicted molar refractivity (Wildman–Crippen MR) is 154 cm³/mol. The lowest BCUT2D eigenvalue weighted by atomic mass is 9.53. The third-order valence-electron chi connectivity index (χ3n) is 14.3. The fourth-order valence-electron chi connectivity index (χ4n) is 12.5. The number of carbonyl (C=O) groups excluding carboxylic acids is 1. The SMILES string of the molecule is C[C@H]1C[C@H]2O[C@]3(CC[C@H]4C5(N)CCC6=CC(=O)CC[C@]6(C)[C@H]5CC45CC53C)[C@H](C)C2N(Cc2ccccc2)C1. The number of nitrogens with two attached hydrogens (primary N) is 1. The second-order valence-electron chi connectivity index (χ2n) is 15.8. The fourth-order valence-corrected chi connectivity index (χ4v) is 12.5. The van der Waals surface area contributed by atoms with Crippen molar-refractivity contribution in [3.8, 4) is 0 Å². The monoisotopic (exact) mass is 528 g/mol. The molecule has 0 amide bonds. The maximum atomic E-state index is 12.4. The van der Waals surface area contributed by atoms with Crippen molar-refractivity contribution in [2.45, 2.75) is 115 Å². The average molecular weight is 529 g/mol. The Balaban J connectivity index is 1.14. The molecule has 1 aromatic rings. The minimum Gasteiger partial charge on any atom is -0.369 e. The van der Waals surface area contributed by atoms with Crippen molar-refractivity contribution in [1.29, 1.82) is 0 Å². The summed E-state index contributed by atoms with van der Waals surface area (Å²) in [6.45, 7) is 12.2. The Morgan fingerprint density at radius 3 is 2.64 bits per heavy atom. The van der Waals surface area contributed by atoms with Crippen LogP contribution >= 0.6 is 0 Å². The second-order valence-corrected chi connectivity index (χ2v) is 15.8. The van der Waals surface area contributed by atoms with E-state index in [-0.39, 0.29) is 22.0 Å². The van der Waals surface area contributed by atoms with E-state index in [9.17, 15) is 4.79 Å². The van der Waals surface area contributed by atoms with E-state index < -0.39 is 0 Å². The zero-order chi connectivity index (χ0) is 27.0. The first-order valence-electron chi connectivity index (χ1n) is 16.0. The molecule has 2 N–H and O–H groups in total. The normalized spacial score (nSPS) is 53.9. The van der Waals surface area contributed by atoms with Crippen molar-refractivity contribution in [2.24, 2.45) is 45.7 Å². The van der Waals surface area contributed by atoms with E-state index in [2.05, 4.69) is 62.9 Å². The van der Waals surface area contributed by atoms with Crippen LogP contribution in [0.25, 0.3) is 0 Å². The van der Waals surface area contributed by atoms with Gasteiger partial charge in [0.05, 0.1) is 11.7 Å². The Morgan fingerprint density at radius 2 is 1.85 bits per heavy atom. The molecule has 7 aliphatic rings. The number of likely N-dealkylation sites (tertiary alicyclic amines) is 1. The van der Waals surface area contributed by atoms with Crippen molar-refractivity contribution < 1.29 is 9.53 Å². The van der Waals surface area contributed by atoms with Crippen molar-refractivity contribution >= 4 is 5.78 Å². The van der Waals surface area contributed by atoms with Crippen molar-refractivity contribution in [3.05, 3.63) is 47.5 Å². The molecular formula is C35H48N2O2. The summed E-state index contributed by atoms with van der Waals surface area (Å²) in [5, 5.41) is 0. The molecule has 4 saturated carbocycles. The number of hydrogen-bond donors (Lipinski definition) is 1. The molecule has 4 unspecified atom stereocenters. The number of piperidine rings is 1. The van der Waals surface area contributed by atoms with E-state index in [1.165, 1.54) is 49.8 Å². The number of ether oxygens (including phenoxy) is 1. The molecule has 0 bridgehead atoms. The van der Waals surface area contributed by atoms with Crippen LogP contribution in [0.4, 0.5) is 0 Å². The first-order valence-corrected chi connectivity index (χ1v) is 16.0. The molecule has 1 aromatic carbocycles. The molecule has 2 saturated heterocycles. The first-order chi connectivity index (χ1) is 18.6. The number of fused-ring (bicyclic) bond motifs is 6. The third-order valence-corrected chi connectivity index (χ3v) is 14.3. The molecule has 6 fully saturated rings. The number of hydrogen-bond acceptors (Lipinski definition) is 4. The van der Waals surface area contributed by atoms with Gasteiger partial charge >= 0.3 is 0 Å². The van der Waals surface area contributed by atoms with Gasteiger partial charge in [-0.3, -0.25) is 9.69 Å². The summed E-state index contributed by atoms with van der Waals surface area (Å²) in [7, 11) is 0. The molecule has 8 rings (SSSR count). The smallest absolute Gasteiger partial charge is 0.155 e. The zero-order valence-corrected chi connectivity index (χ0v) is 24.5. The molecule has 210 valence electrons. The van der Waals surface area contributed by atoms with Crippen LogP contribution < -0.4 is 5.73 Å². The maximum absolute atomic E-state index is 12.4. The predicted octanol–water partition coefficient (Wildman–Crippen LogP) is 6.28. The van der Waals surface area contributed by atoms with Crippen LogP contribution in [0.15, 0.2) is 42.0 Å². The van der Waals surface area contributed by atoms with Crippen molar-refractivity contribution in [3.63, 3.8) is 0 Å². The first kappa shape index (κ1) is 25.2. The number of allylic oxidation sites excluding steroid dienone is 2. The quantitative estimate of drug-likeness (QED) is 0.491. The number of carbonyl (C=O) groups is 1. The number of rotatable bonds is 2. The summed E-state index contributed by atoms with van der Waals surface area (Å²) in [5.74, 6) is 2.61. The van der Waals surface area contributed by atoms with Gasteiger partial charge in [0.2, 0.25) is 0 Å². The van der Waals surface area contributed by atoms with E-state index in [0.29, 0.717) is 53.4 Å². The molecule has 5 aliphatic carbocycles. The van der Waals surface area contributed by atoms with Gasteiger partial charge < -0.3 is 10.5 Å². The number of ketones is 1. The second kappa shape index (κ2) is 7.86. The van der Waals surface area contributed by atoms with Crippen LogP contribution in [0.2, 0.25) is 0 Å². The molecule has 0 radical (unpaired) electrons. The highest BCUT2D eigenvalue weighted by molar-refractivity contribution is 5.91. The van der Waals surface area contributed by atoms with Crippen molar-refractivity contribution in [2.75, 3.05) is 6.54 Å². The van der Waals surface area contributed by atoms with Crippen LogP contribution in [0.1, 0.15) is 91.0 Å². The lowest BCUT2D eigenvalue weighted by Crippen LogP contribution is -2.60. The minimum absolute atomic E-state index is 0.0379. The van der Waals surface area contributed by atoms with Gasteiger partial charge in [-0.2, -0.15) is 0 Å². The molecule has 4 nitrogen and oxygen atoms in total. The molecule has 11 atom stereocenters. The Hall–Kier alpha value is -1.49. The van der Waals surface area contributed by atoms with Crippen molar-refractivity contribution in [1.82, 2.24) is 4.90 Å². The highest BCUT2D eigenvalue weighted by atomic mass is 16.5. The Morgan fingerprint density at radius 1 is 1.05 bits per heavy atom. The number of nitrogens with zero attached hydrogens (tertiary/aromatic N) is 1. The molecule has 39 heavy (non-hydrogen) atoms. The van der Waals surface area contributed by atoms with Gasteiger partial charge in [-0.05, 0) is 91.6 Å². The van der Waals surface area contributed by atoms with Gasteiger partial charge in [0, 0.05) is 42.4 Å². The third kappa shape index (κ3) is 2.99. The van der Waals surface area contributed by atoms with Gasteiger partial charge in [0.15, 0.2) is 5.78 Å². The summed E-state index contributed by atoms with van der Waals surface area (Å²) >= 11 is 0. The summed E-state index contributed by atoms with van der Waals surface area (Å²) < 4.78 is 7.50. The molecule has 0 aromatic heterocycles. The molecular weight excluding hydrogens is 480 g/mol. The highest BCUT2D eigenvalue weighted by Crippen LogP contribution is 2.87. The highest BCUT2D eigenvalue weighted by Gasteiger charge is 2.86. The van der Waals surface area contributed by atoms with Crippen LogP contribution in [0, 0.1) is 39.9 Å². The van der Waals surface area contributed by atoms with Gasteiger partial charge in [-0.15, -0.1) is 0 Å².